The summed E-state index contributed by atoms with van der Waals surface area (Å²) in [6.45, 7) is 3.03. The standard InChI is InChI=1S/C12H14ClN3S/c1-2-16-6-5-15-12(16)8-17-11-7-9(13)3-4-10(11)14/h3-7H,2,8,14H2,1H3. The molecule has 1 aromatic carbocycles. The predicted octanol–water partition coefficient (Wildman–Crippen LogP) is 3.43. The number of benzene rings is 1. The number of hydrogen-bond donors (Lipinski definition) is 1. The Morgan fingerprint density at radius 2 is 2.29 bits per heavy atom. The second kappa shape index (κ2) is 5.47. The fourth-order valence-corrected chi connectivity index (χ4v) is 2.75. The zero-order valence-electron chi connectivity index (χ0n) is 9.56. The number of rotatable bonds is 4. The zero-order valence-corrected chi connectivity index (χ0v) is 11.1. The zero-order chi connectivity index (χ0) is 12.3. The molecule has 0 saturated heterocycles. The molecule has 0 atom stereocenters. The molecule has 1 aromatic heterocycles. The van der Waals surface area contributed by atoms with Crippen molar-refractivity contribution in [2.24, 2.45) is 0 Å². The van der Waals surface area contributed by atoms with Crippen molar-refractivity contribution in [3.63, 3.8) is 0 Å². The highest BCUT2D eigenvalue weighted by molar-refractivity contribution is 7.98. The lowest BCUT2D eigenvalue weighted by atomic mass is 10.3. The van der Waals surface area contributed by atoms with E-state index < -0.39 is 0 Å². The number of halogens is 1. The van der Waals surface area contributed by atoms with E-state index in [9.17, 15) is 0 Å². The van der Waals surface area contributed by atoms with Crippen molar-refractivity contribution in [1.82, 2.24) is 9.55 Å². The number of aryl methyl sites for hydroxylation is 1. The molecule has 0 radical (unpaired) electrons. The van der Waals surface area contributed by atoms with E-state index in [0.717, 1.165) is 28.7 Å². The summed E-state index contributed by atoms with van der Waals surface area (Å²) in [4.78, 5) is 5.33. The van der Waals surface area contributed by atoms with E-state index in [0.29, 0.717) is 5.02 Å². The van der Waals surface area contributed by atoms with E-state index in [2.05, 4.69) is 16.5 Å². The third-order valence-corrected chi connectivity index (χ3v) is 3.78. The summed E-state index contributed by atoms with van der Waals surface area (Å²) < 4.78 is 2.12. The average Bonchev–Trinajstić information content (AvgIpc) is 2.77. The topological polar surface area (TPSA) is 43.8 Å². The average molecular weight is 268 g/mol. The van der Waals surface area contributed by atoms with Gasteiger partial charge in [0.25, 0.3) is 0 Å². The summed E-state index contributed by atoms with van der Waals surface area (Å²) in [5, 5.41) is 0.709. The SMILES string of the molecule is CCn1ccnc1CSc1cc(Cl)ccc1N. The van der Waals surface area contributed by atoms with Gasteiger partial charge in [-0.2, -0.15) is 0 Å². The van der Waals surface area contributed by atoms with Crippen LogP contribution in [0.25, 0.3) is 0 Å². The van der Waals surface area contributed by atoms with E-state index in [1.807, 2.05) is 24.5 Å². The van der Waals surface area contributed by atoms with Crippen LogP contribution in [0, 0.1) is 0 Å². The van der Waals surface area contributed by atoms with Crippen molar-refractivity contribution in [2.45, 2.75) is 24.1 Å². The van der Waals surface area contributed by atoms with Gasteiger partial charge in [0.1, 0.15) is 5.82 Å². The monoisotopic (exact) mass is 267 g/mol. The predicted molar refractivity (Wildman–Crippen MR) is 73.3 cm³/mol. The van der Waals surface area contributed by atoms with Crippen LogP contribution in [0.4, 0.5) is 5.69 Å². The smallest absolute Gasteiger partial charge is 0.119 e. The van der Waals surface area contributed by atoms with Gasteiger partial charge >= 0.3 is 0 Å². The minimum Gasteiger partial charge on any atom is -0.398 e. The number of imidazole rings is 1. The first-order valence-electron chi connectivity index (χ1n) is 5.38. The number of anilines is 1. The Kier molecular flexibility index (Phi) is 3.97. The normalized spacial score (nSPS) is 10.7. The van der Waals surface area contributed by atoms with Crippen LogP contribution in [0.5, 0.6) is 0 Å². The Hall–Kier alpha value is -1.13. The van der Waals surface area contributed by atoms with Gasteiger partial charge in [0.2, 0.25) is 0 Å². The van der Waals surface area contributed by atoms with Crippen LogP contribution in [0.2, 0.25) is 5.02 Å². The minimum atomic E-state index is 0.709. The Bertz CT molecular complexity index is 510. The molecule has 0 fully saturated rings. The van der Waals surface area contributed by atoms with Crippen LogP contribution in [-0.2, 0) is 12.3 Å². The Morgan fingerprint density at radius 1 is 1.47 bits per heavy atom. The van der Waals surface area contributed by atoms with Gasteiger partial charge in [-0.1, -0.05) is 11.6 Å². The molecule has 90 valence electrons. The van der Waals surface area contributed by atoms with Crippen LogP contribution in [-0.4, -0.2) is 9.55 Å². The molecule has 2 N–H and O–H groups in total. The molecule has 3 nitrogen and oxygen atoms in total. The van der Waals surface area contributed by atoms with Gasteiger partial charge in [-0.3, -0.25) is 0 Å². The van der Waals surface area contributed by atoms with Crippen molar-refractivity contribution in [1.29, 1.82) is 0 Å². The quantitative estimate of drug-likeness (QED) is 0.682. The third kappa shape index (κ3) is 2.96. The summed E-state index contributed by atoms with van der Waals surface area (Å²) >= 11 is 7.60. The first kappa shape index (κ1) is 12.3. The molecule has 0 spiro atoms. The molecule has 0 unspecified atom stereocenters. The maximum Gasteiger partial charge on any atom is 0.119 e. The molecule has 1 heterocycles. The van der Waals surface area contributed by atoms with E-state index in [-0.39, 0.29) is 0 Å². The summed E-state index contributed by atoms with van der Waals surface area (Å²) in [5.41, 5.74) is 6.65. The molecule has 0 aliphatic heterocycles. The van der Waals surface area contributed by atoms with Crippen molar-refractivity contribution in [2.75, 3.05) is 5.73 Å². The number of thioether (sulfide) groups is 1. The van der Waals surface area contributed by atoms with Crippen molar-refractivity contribution in [3.8, 4) is 0 Å². The minimum absolute atomic E-state index is 0.709. The lowest BCUT2D eigenvalue weighted by Gasteiger charge is -2.07. The molecule has 0 saturated carbocycles. The molecule has 0 aliphatic rings. The number of aromatic nitrogens is 2. The van der Waals surface area contributed by atoms with Crippen LogP contribution < -0.4 is 5.73 Å². The maximum atomic E-state index is 5.95. The molecule has 0 amide bonds. The molecule has 2 rings (SSSR count). The lowest BCUT2D eigenvalue weighted by Crippen LogP contribution is -1.99. The summed E-state index contributed by atoms with van der Waals surface area (Å²) in [5.74, 6) is 1.85. The number of hydrogen-bond acceptors (Lipinski definition) is 3. The van der Waals surface area contributed by atoms with Crippen LogP contribution in [0.15, 0.2) is 35.5 Å². The van der Waals surface area contributed by atoms with E-state index in [1.165, 1.54) is 0 Å². The van der Waals surface area contributed by atoms with Gasteiger partial charge < -0.3 is 10.3 Å². The first-order chi connectivity index (χ1) is 8.20. The van der Waals surface area contributed by atoms with Crippen LogP contribution >= 0.6 is 23.4 Å². The van der Waals surface area contributed by atoms with Gasteiger partial charge in [-0.25, -0.2) is 4.98 Å². The van der Waals surface area contributed by atoms with E-state index in [4.69, 9.17) is 17.3 Å². The number of nitrogen functional groups attached to an aromatic ring is 1. The highest BCUT2D eigenvalue weighted by Gasteiger charge is 2.05. The molecule has 17 heavy (non-hydrogen) atoms. The molecular formula is C12H14ClN3S. The Balaban J connectivity index is 2.09. The largest absolute Gasteiger partial charge is 0.398 e. The van der Waals surface area contributed by atoms with Crippen LogP contribution in [0.3, 0.4) is 0 Å². The molecule has 0 aliphatic carbocycles. The van der Waals surface area contributed by atoms with E-state index in [1.54, 1.807) is 17.8 Å². The van der Waals surface area contributed by atoms with Crippen molar-refractivity contribution in [3.05, 3.63) is 41.4 Å². The van der Waals surface area contributed by atoms with Crippen LogP contribution in [0.1, 0.15) is 12.7 Å². The first-order valence-corrected chi connectivity index (χ1v) is 6.75. The van der Waals surface area contributed by atoms with Gasteiger partial charge in [0, 0.05) is 34.5 Å². The highest BCUT2D eigenvalue weighted by Crippen LogP contribution is 2.30. The van der Waals surface area contributed by atoms with Gasteiger partial charge in [0.05, 0.1) is 5.75 Å². The summed E-state index contributed by atoms with van der Waals surface area (Å²) in [6, 6.07) is 5.52. The molecule has 5 heteroatoms. The van der Waals surface area contributed by atoms with Gasteiger partial charge in [0.15, 0.2) is 0 Å². The summed E-state index contributed by atoms with van der Waals surface area (Å²) in [7, 11) is 0. The van der Waals surface area contributed by atoms with Crippen molar-refractivity contribution < 1.29 is 0 Å². The van der Waals surface area contributed by atoms with Gasteiger partial charge in [-0.05, 0) is 25.1 Å². The van der Waals surface area contributed by atoms with E-state index >= 15 is 0 Å². The number of nitrogens with two attached hydrogens (primary N) is 1. The van der Waals surface area contributed by atoms with Crippen molar-refractivity contribution >= 4 is 29.1 Å². The maximum absolute atomic E-state index is 5.95. The number of nitrogens with zero attached hydrogens (tertiary/aromatic N) is 2. The molecule has 2 aromatic rings. The fourth-order valence-electron chi connectivity index (χ4n) is 1.54. The molecular weight excluding hydrogens is 254 g/mol. The van der Waals surface area contributed by atoms with Gasteiger partial charge in [-0.15, -0.1) is 11.8 Å². The Morgan fingerprint density at radius 3 is 3.06 bits per heavy atom. The lowest BCUT2D eigenvalue weighted by molar-refractivity contribution is 0.726. The summed E-state index contributed by atoms with van der Waals surface area (Å²) in [6.07, 6.45) is 3.80. The fraction of sp³-hybridized carbons (Fsp3) is 0.250. The Labute approximate surface area is 110 Å². The third-order valence-electron chi connectivity index (χ3n) is 2.47. The molecule has 0 bridgehead atoms. The second-order valence-electron chi connectivity index (χ2n) is 3.60. The highest BCUT2D eigenvalue weighted by atomic mass is 35.5. The second-order valence-corrected chi connectivity index (χ2v) is 5.05.